The number of carbonyl (C=O) groups is 1. The van der Waals surface area contributed by atoms with Crippen LogP contribution in [0.1, 0.15) is 22.3 Å². The van der Waals surface area contributed by atoms with E-state index in [9.17, 15) is 14.7 Å². The smallest absolute Gasteiger partial charge is 0.340 e. The third-order valence-electron chi connectivity index (χ3n) is 5.50. The standard InChI is InChI=1S/C21H28N2O6/c1-13-16-10-15(12-22-4-5-23-6-8-28-9-7-23)19(25)14(2)20(16)29-21(26)17(13)11-18(24)27-3/h10,22,25H,4-9,11-12H2,1-3H3. The van der Waals surface area contributed by atoms with Crippen LogP contribution in [0.15, 0.2) is 15.3 Å². The molecule has 0 unspecified atom stereocenters. The fraction of sp³-hybridized carbons (Fsp3) is 0.524. The fourth-order valence-electron chi connectivity index (χ4n) is 3.66. The van der Waals surface area contributed by atoms with E-state index < -0.39 is 11.6 Å². The molecule has 0 amide bonds. The Labute approximate surface area is 169 Å². The van der Waals surface area contributed by atoms with Gasteiger partial charge in [-0.15, -0.1) is 0 Å². The zero-order valence-electron chi connectivity index (χ0n) is 17.2. The second kappa shape index (κ2) is 9.39. The minimum atomic E-state index is -0.604. The molecule has 3 rings (SSSR count). The molecule has 2 heterocycles. The molecule has 158 valence electrons. The number of methoxy groups -OCH3 is 1. The number of benzene rings is 1. The highest BCUT2D eigenvalue weighted by molar-refractivity contribution is 5.87. The largest absolute Gasteiger partial charge is 0.872 e. The molecular formula is C21H28N2O6. The minimum absolute atomic E-state index is 0.108. The lowest BCUT2D eigenvalue weighted by atomic mass is 9.98. The number of nitrogens with two attached hydrogens (primary N) is 1. The monoisotopic (exact) mass is 404 g/mol. The summed E-state index contributed by atoms with van der Waals surface area (Å²) in [4.78, 5) is 26.3. The van der Waals surface area contributed by atoms with Crippen LogP contribution in [0.5, 0.6) is 5.75 Å². The second-order valence-corrected chi connectivity index (χ2v) is 7.35. The molecule has 0 saturated carbocycles. The molecule has 0 bridgehead atoms. The summed E-state index contributed by atoms with van der Waals surface area (Å²) in [5.41, 5.74) is 1.70. The van der Waals surface area contributed by atoms with Gasteiger partial charge in [0.05, 0.1) is 38.9 Å². The normalized spacial score (nSPS) is 15.0. The van der Waals surface area contributed by atoms with Gasteiger partial charge in [0, 0.05) is 25.0 Å². The number of quaternary nitrogens is 1. The maximum absolute atomic E-state index is 12.7. The van der Waals surface area contributed by atoms with Crippen LogP contribution in [0.3, 0.4) is 0 Å². The molecule has 1 aromatic carbocycles. The molecule has 1 fully saturated rings. The van der Waals surface area contributed by atoms with E-state index >= 15 is 0 Å². The van der Waals surface area contributed by atoms with Crippen molar-refractivity contribution in [3.05, 3.63) is 38.7 Å². The minimum Gasteiger partial charge on any atom is -0.872 e. The summed E-state index contributed by atoms with van der Waals surface area (Å²) in [5.74, 6) is -0.614. The number of morpholine rings is 1. The molecular weight excluding hydrogens is 376 g/mol. The van der Waals surface area contributed by atoms with Crippen molar-refractivity contribution in [2.24, 2.45) is 0 Å². The Bertz CT molecular complexity index is 947. The molecule has 1 aliphatic rings. The first-order valence-corrected chi connectivity index (χ1v) is 9.86. The first-order valence-electron chi connectivity index (χ1n) is 9.86. The molecule has 2 N–H and O–H groups in total. The Hall–Kier alpha value is -2.42. The number of esters is 1. The summed E-state index contributed by atoms with van der Waals surface area (Å²) in [5, 5.41) is 15.5. The van der Waals surface area contributed by atoms with E-state index in [1.165, 1.54) is 7.11 Å². The molecule has 1 saturated heterocycles. The lowest BCUT2D eigenvalue weighted by molar-refractivity contribution is -0.670. The van der Waals surface area contributed by atoms with Crippen LogP contribution in [-0.4, -0.2) is 57.4 Å². The van der Waals surface area contributed by atoms with Crippen molar-refractivity contribution in [3.8, 4) is 5.75 Å². The van der Waals surface area contributed by atoms with E-state index in [0.717, 1.165) is 39.4 Å². The predicted molar refractivity (Wildman–Crippen MR) is 105 cm³/mol. The van der Waals surface area contributed by atoms with E-state index in [1.807, 2.05) is 0 Å². The highest BCUT2D eigenvalue weighted by Gasteiger charge is 2.18. The zero-order chi connectivity index (χ0) is 21.0. The van der Waals surface area contributed by atoms with E-state index in [-0.39, 0.29) is 17.7 Å². The number of fused-ring (bicyclic) bond motifs is 1. The predicted octanol–water partition coefficient (Wildman–Crippen LogP) is -0.405. The summed E-state index contributed by atoms with van der Waals surface area (Å²) >= 11 is 0. The highest BCUT2D eigenvalue weighted by Crippen LogP contribution is 2.30. The Balaban J connectivity index is 1.81. The molecule has 29 heavy (non-hydrogen) atoms. The second-order valence-electron chi connectivity index (χ2n) is 7.35. The van der Waals surface area contributed by atoms with Crippen LogP contribution < -0.4 is 16.0 Å². The number of hydrogen-bond donors (Lipinski definition) is 1. The Kier molecular flexibility index (Phi) is 6.89. The summed E-state index contributed by atoms with van der Waals surface area (Å²) < 4.78 is 15.4. The Morgan fingerprint density at radius 3 is 2.69 bits per heavy atom. The van der Waals surface area contributed by atoms with Crippen LogP contribution in [0.4, 0.5) is 0 Å². The molecule has 0 radical (unpaired) electrons. The van der Waals surface area contributed by atoms with Gasteiger partial charge in [-0.2, -0.15) is 0 Å². The van der Waals surface area contributed by atoms with Gasteiger partial charge < -0.3 is 24.3 Å². The van der Waals surface area contributed by atoms with Crippen molar-refractivity contribution in [1.82, 2.24) is 4.90 Å². The maximum Gasteiger partial charge on any atom is 0.340 e. The van der Waals surface area contributed by atoms with Gasteiger partial charge in [0.15, 0.2) is 0 Å². The average Bonchev–Trinajstić information content (AvgIpc) is 2.73. The molecule has 0 aliphatic carbocycles. The fourth-order valence-corrected chi connectivity index (χ4v) is 3.66. The van der Waals surface area contributed by atoms with E-state index in [4.69, 9.17) is 9.15 Å². The molecule has 8 heteroatoms. The maximum atomic E-state index is 12.7. The average molecular weight is 404 g/mol. The summed E-state index contributed by atoms with van der Waals surface area (Å²) in [6.07, 6.45) is -0.153. The van der Waals surface area contributed by atoms with E-state index in [2.05, 4.69) is 15.0 Å². The molecule has 2 aromatic rings. The number of hydrogen-bond acceptors (Lipinski definition) is 7. The summed E-state index contributed by atoms with van der Waals surface area (Å²) in [7, 11) is 1.28. The molecule has 8 nitrogen and oxygen atoms in total. The van der Waals surface area contributed by atoms with Crippen LogP contribution in [-0.2, 0) is 27.2 Å². The van der Waals surface area contributed by atoms with Crippen LogP contribution in [0, 0.1) is 13.8 Å². The van der Waals surface area contributed by atoms with Crippen molar-refractivity contribution >= 4 is 16.9 Å². The first kappa shape index (κ1) is 21.3. The van der Waals surface area contributed by atoms with E-state index in [1.54, 1.807) is 19.9 Å². The topological polar surface area (TPSA) is 109 Å². The molecule has 1 aliphatic heterocycles. The number of aryl methyl sites for hydroxylation is 2. The van der Waals surface area contributed by atoms with Gasteiger partial charge in [0.25, 0.3) is 0 Å². The van der Waals surface area contributed by atoms with Gasteiger partial charge in [-0.05, 0) is 36.6 Å². The third-order valence-corrected chi connectivity index (χ3v) is 5.50. The van der Waals surface area contributed by atoms with Gasteiger partial charge in [-0.25, -0.2) is 4.79 Å². The van der Waals surface area contributed by atoms with Gasteiger partial charge in [0.2, 0.25) is 0 Å². The SMILES string of the molecule is COC(=O)Cc1c(C)c2cc(C[NH2+]CCN3CCOCC3)c([O-])c(C)c2oc1=O. The number of ether oxygens (including phenoxy) is 2. The highest BCUT2D eigenvalue weighted by atomic mass is 16.5. The lowest BCUT2D eigenvalue weighted by Gasteiger charge is -2.25. The quantitative estimate of drug-likeness (QED) is 0.380. The Morgan fingerprint density at radius 1 is 1.28 bits per heavy atom. The third kappa shape index (κ3) is 4.77. The number of rotatable bonds is 7. The Morgan fingerprint density at radius 2 is 2.00 bits per heavy atom. The lowest BCUT2D eigenvalue weighted by Crippen LogP contribution is -2.84. The molecule has 0 atom stereocenters. The van der Waals surface area contributed by atoms with Crippen molar-refractivity contribution in [2.45, 2.75) is 26.8 Å². The van der Waals surface area contributed by atoms with Gasteiger partial charge in [0.1, 0.15) is 12.1 Å². The number of carbonyl (C=O) groups excluding carboxylic acids is 1. The summed E-state index contributed by atoms with van der Waals surface area (Å²) in [6, 6.07) is 1.79. The zero-order valence-corrected chi connectivity index (χ0v) is 17.2. The first-order chi connectivity index (χ1) is 13.9. The molecule has 0 spiro atoms. The van der Waals surface area contributed by atoms with E-state index in [0.29, 0.717) is 34.2 Å². The van der Waals surface area contributed by atoms with Crippen LogP contribution >= 0.6 is 0 Å². The van der Waals surface area contributed by atoms with Gasteiger partial charge in [-0.3, -0.25) is 9.69 Å². The van der Waals surface area contributed by atoms with Gasteiger partial charge in [-0.1, -0.05) is 5.75 Å². The van der Waals surface area contributed by atoms with Crippen LogP contribution in [0.25, 0.3) is 11.0 Å². The molecule has 1 aromatic heterocycles. The van der Waals surface area contributed by atoms with Crippen LogP contribution in [0.2, 0.25) is 0 Å². The summed E-state index contributed by atoms with van der Waals surface area (Å²) in [6.45, 7) is 9.24. The van der Waals surface area contributed by atoms with Crippen molar-refractivity contribution in [3.63, 3.8) is 0 Å². The number of nitrogens with zero attached hydrogens (tertiary/aromatic N) is 1. The van der Waals surface area contributed by atoms with Gasteiger partial charge >= 0.3 is 11.6 Å². The van der Waals surface area contributed by atoms with Crippen molar-refractivity contribution in [1.29, 1.82) is 0 Å². The van der Waals surface area contributed by atoms with Crippen molar-refractivity contribution in [2.75, 3.05) is 46.5 Å². The van der Waals surface area contributed by atoms with Crippen molar-refractivity contribution < 1.29 is 29.1 Å².